The van der Waals surface area contributed by atoms with E-state index in [1.807, 2.05) is 61.5 Å². The lowest BCUT2D eigenvalue weighted by Gasteiger charge is -2.11. The van der Waals surface area contributed by atoms with Gasteiger partial charge in [-0.25, -0.2) is 0 Å². The second kappa shape index (κ2) is 7.01. The van der Waals surface area contributed by atoms with E-state index in [0.29, 0.717) is 19.3 Å². The molecule has 0 spiro atoms. The molecule has 0 bridgehead atoms. The Bertz CT molecular complexity index is 545. The highest BCUT2D eigenvalue weighted by Crippen LogP contribution is 2.16. The van der Waals surface area contributed by atoms with Gasteiger partial charge in [0.15, 0.2) is 0 Å². The van der Waals surface area contributed by atoms with Crippen LogP contribution >= 0.6 is 0 Å². The van der Waals surface area contributed by atoms with Gasteiger partial charge in [-0.3, -0.25) is 4.79 Å². The van der Waals surface area contributed by atoms with Crippen LogP contribution in [0.1, 0.15) is 35.6 Å². The molecule has 20 heavy (non-hydrogen) atoms. The molecule has 2 nitrogen and oxygen atoms in total. The van der Waals surface area contributed by atoms with Crippen LogP contribution in [-0.4, -0.2) is 5.78 Å². The molecule has 2 aromatic rings. The summed E-state index contributed by atoms with van der Waals surface area (Å²) in [7, 11) is 0. The zero-order valence-electron chi connectivity index (χ0n) is 11.9. The van der Waals surface area contributed by atoms with Crippen LogP contribution < -0.4 is 5.73 Å². The van der Waals surface area contributed by atoms with Crippen LogP contribution in [0.15, 0.2) is 54.6 Å². The highest BCUT2D eigenvalue weighted by Gasteiger charge is 2.09. The van der Waals surface area contributed by atoms with Crippen molar-refractivity contribution < 1.29 is 4.79 Å². The zero-order chi connectivity index (χ0) is 14.4. The number of hydrogen-bond acceptors (Lipinski definition) is 2. The van der Waals surface area contributed by atoms with Gasteiger partial charge in [-0.15, -0.1) is 0 Å². The van der Waals surface area contributed by atoms with Crippen molar-refractivity contribution in [2.24, 2.45) is 5.73 Å². The lowest BCUT2D eigenvalue weighted by atomic mass is 9.99. The van der Waals surface area contributed by atoms with Crippen LogP contribution in [0.5, 0.6) is 0 Å². The number of carbonyl (C=O) groups excluding carboxylic acids is 1. The fraction of sp³-hybridized carbons (Fsp3) is 0.278. The molecular weight excluding hydrogens is 246 g/mol. The van der Waals surface area contributed by atoms with Crippen LogP contribution in [-0.2, 0) is 11.2 Å². The van der Waals surface area contributed by atoms with Crippen LogP contribution in [0.4, 0.5) is 0 Å². The molecule has 2 aromatic carbocycles. The van der Waals surface area contributed by atoms with E-state index in [-0.39, 0.29) is 11.8 Å². The van der Waals surface area contributed by atoms with E-state index in [4.69, 9.17) is 5.73 Å². The van der Waals surface area contributed by atoms with Crippen LogP contribution in [0, 0.1) is 6.92 Å². The maximum absolute atomic E-state index is 12.0. The molecule has 2 N–H and O–H groups in total. The van der Waals surface area contributed by atoms with Gasteiger partial charge in [-0.2, -0.15) is 0 Å². The maximum Gasteiger partial charge on any atom is 0.137 e. The fourth-order valence-electron chi connectivity index (χ4n) is 2.21. The number of carbonyl (C=O) groups is 1. The first-order valence-electron chi connectivity index (χ1n) is 7.03. The molecule has 0 saturated heterocycles. The van der Waals surface area contributed by atoms with Gasteiger partial charge >= 0.3 is 0 Å². The van der Waals surface area contributed by atoms with Gasteiger partial charge < -0.3 is 5.73 Å². The van der Waals surface area contributed by atoms with E-state index < -0.39 is 0 Å². The molecule has 0 saturated carbocycles. The Balaban J connectivity index is 1.82. The third kappa shape index (κ3) is 4.32. The largest absolute Gasteiger partial charge is 0.324 e. The van der Waals surface area contributed by atoms with Crippen molar-refractivity contribution >= 4 is 5.78 Å². The van der Waals surface area contributed by atoms with Gasteiger partial charge in [0.25, 0.3) is 0 Å². The number of Topliss-reactive ketones (excluding diaryl/α,β-unsaturated/α-hetero) is 1. The molecule has 0 amide bonds. The standard InChI is InChI=1S/C18H21NO/c1-14-7-9-15(10-8-14)13-17(20)11-12-18(19)16-5-3-2-4-6-16/h2-10,18H,11-13,19H2,1H3. The quantitative estimate of drug-likeness (QED) is 0.869. The normalized spacial score (nSPS) is 12.1. The van der Waals surface area contributed by atoms with E-state index in [1.54, 1.807) is 0 Å². The third-order valence-electron chi connectivity index (χ3n) is 3.48. The molecule has 0 aliphatic carbocycles. The fourth-order valence-corrected chi connectivity index (χ4v) is 2.21. The van der Waals surface area contributed by atoms with E-state index in [2.05, 4.69) is 0 Å². The Morgan fingerprint density at radius 1 is 1.05 bits per heavy atom. The summed E-state index contributed by atoms with van der Waals surface area (Å²) in [4.78, 5) is 12.0. The van der Waals surface area contributed by atoms with Crippen molar-refractivity contribution in [2.45, 2.75) is 32.2 Å². The van der Waals surface area contributed by atoms with Gasteiger partial charge in [0.05, 0.1) is 0 Å². The minimum Gasteiger partial charge on any atom is -0.324 e. The summed E-state index contributed by atoms with van der Waals surface area (Å²) in [6, 6.07) is 18.0. The molecule has 1 unspecified atom stereocenters. The number of nitrogens with two attached hydrogens (primary N) is 1. The summed E-state index contributed by atoms with van der Waals surface area (Å²) in [5.41, 5.74) is 9.49. The summed E-state index contributed by atoms with van der Waals surface area (Å²) in [6.07, 6.45) is 1.74. The smallest absolute Gasteiger partial charge is 0.137 e. The first-order chi connectivity index (χ1) is 9.65. The van der Waals surface area contributed by atoms with E-state index in [9.17, 15) is 4.79 Å². The molecule has 2 rings (SSSR count). The average Bonchev–Trinajstić information content (AvgIpc) is 2.48. The van der Waals surface area contributed by atoms with Crippen molar-refractivity contribution in [3.63, 3.8) is 0 Å². The summed E-state index contributed by atoms with van der Waals surface area (Å²) in [5, 5.41) is 0. The van der Waals surface area contributed by atoms with Crippen LogP contribution in [0.25, 0.3) is 0 Å². The molecule has 0 radical (unpaired) electrons. The Morgan fingerprint density at radius 3 is 2.35 bits per heavy atom. The number of benzene rings is 2. The van der Waals surface area contributed by atoms with Crippen molar-refractivity contribution in [1.82, 2.24) is 0 Å². The van der Waals surface area contributed by atoms with Crippen molar-refractivity contribution in [3.8, 4) is 0 Å². The second-order valence-electron chi connectivity index (χ2n) is 5.26. The molecule has 1 atom stereocenters. The van der Waals surface area contributed by atoms with Crippen molar-refractivity contribution in [2.75, 3.05) is 0 Å². The molecular formula is C18H21NO. The van der Waals surface area contributed by atoms with Gasteiger partial charge in [0.1, 0.15) is 5.78 Å². The number of rotatable bonds is 6. The average molecular weight is 267 g/mol. The van der Waals surface area contributed by atoms with E-state index in [1.165, 1.54) is 5.56 Å². The number of aryl methyl sites for hydroxylation is 1. The predicted molar refractivity (Wildman–Crippen MR) is 82.5 cm³/mol. The Hall–Kier alpha value is -1.93. The van der Waals surface area contributed by atoms with Crippen LogP contribution in [0.2, 0.25) is 0 Å². The maximum atomic E-state index is 12.0. The van der Waals surface area contributed by atoms with Crippen molar-refractivity contribution in [1.29, 1.82) is 0 Å². The summed E-state index contributed by atoms with van der Waals surface area (Å²) >= 11 is 0. The highest BCUT2D eigenvalue weighted by atomic mass is 16.1. The summed E-state index contributed by atoms with van der Waals surface area (Å²) in [6.45, 7) is 2.05. The first kappa shape index (κ1) is 14.5. The summed E-state index contributed by atoms with van der Waals surface area (Å²) in [5.74, 6) is 0.250. The van der Waals surface area contributed by atoms with Gasteiger partial charge in [-0.05, 0) is 24.5 Å². The lowest BCUT2D eigenvalue weighted by Crippen LogP contribution is -2.13. The van der Waals surface area contributed by atoms with E-state index in [0.717, 1.165) is 11.1 Å². The Kier molecular flexibility index (Phi) is 5.08. The number of hydrogen-bond donors (Lipinski definition) is 1. The SMILES string of the molecule is Cc1ccc(CC(=O)CCC(N)c2ccccc2)cc1. The Labute approximate surface area is 120 Å². The molecule has 0 aliphatic rings. The van der Waals surface area contributed by atoms with Gasteiger partial charge in [0.2, 0.25) is 0 Å². The highest BCUT2D eigenvalue weighted by molar-refractivity contribution is 5.80. The van der Waals surface area contributed by atoms with Crippen LogP contribution in [0.3, 0.4) is 0 Å². The number of ketones is 1. The predicted octanol–water partition coefficient (Wildman–Crippen LogP) is 3.59. The zero-order valence-corrected chi connectivity index (χ0v) is 11.9. The van der Waals surface area contributed by atoms with Crippen molar-refractivity contribution in [3.05, 3.63) is 71.3 Å². The molecule has 0 aliphatic heterocycles. The van der Waals surface area contributed by atoms with Gasteiger partial charge in [-0.1, -0.05) is 60.2 Å². The minimum absolute atomic E-state index is 0.0573. The molecule has 0 heterocycles. The third-order valence-corrected chi connectivity index (χ3v) is 3.48. The van der Waals surface area contributed by atoms with Gasteiger partial charge in [0, 0.05) is 18.9 Å². The topological polar surface area (TPSA) is 43.1 Å². The summed E-state index contributed by atoms with van der Waals surface area (Å²) < 4.78 is 0. The molecule has 0 fully saturated rings. The first-order valence-corrected chi connectivity index (χ1v) is 7.03. The minimum atomic E-state index is -0.0573. The molecule has 104 valence electrons. The second-order valence-corrected chi connectivity index (χ2v) is 5.26. The monoisotopic (exact) mass is 267 g/mol. The Morgan fingerprint density at radius 2 is 1.70 bits per heavy atom. The molecule has 2 heteroatoms. The molecule has 0 aromatic heterocycles. The lowest BCUT2D eigenvalue weighted by molar-refractivity contribution is -0.118. The van der Waals surface area contributed by atoms with E-state index >= 15 is 0 Å².